The summed E-state index contributed by atoms with van der Waals surface area (Å²) < 4.78 is 11.1. The summed E-state index contributed by atoms with van der Waals surface area (Å²) in [5, 5.41) is 10.8. The second-order valence-corrected chi connectivity index (χ2v) is 7.92. The van der Waals surface area contributed by atoms with E-state index in [1.807, 2.05) is 24.3 Å². The number of carbonyl (C=O) groups excluding carboxylic acids is 1. The summed E-state index contributed by atoms with van der Waals surface area (Å²) in [5.74, 6) is 0.344. The number of rotatable bonds is 4. The zero-order valence-electron chi connectivity index (χ0n) is 16.7. The first kappa shape index (κ1) is 19.7. The number of nitrogens with zero attached hydrogens (tertiary/aromatic N) is 1. The van der Waals surface area contributed by atoms with Crippen molar-refractivity contribution < 1.29 is 19.4 Å². The van der Waals surface area contributed by atoms with Gasteiger partial charge in [-0.2, -0.15) is 0 Å². The molecule has 0 saturated carbocycles. The molecule has 0 bridgehead atoms. The lowest BCUT2D eigenvalue weighted by atomic mass is 9.81. The van der Waals surface area contributed by atoms with Crippen molar-refractivity contribution in [2.45, 2.75) is 37.5 Å². The van der Waals surface area contributed by atoms with Crippen molar-refractivity contribution in [3.05, 3.63) is 71.3 Å². The minimum Gasteiger partial charge on any atom is -0.487 e. The summed E-state index contributed by atoms with van der Waals surface area (Å²) >= 11 is 0. The molecular formula is C24H27NO4. The van der Waals surface area contributed by atoms with E-state index in [-0.39, 0.29) is 5.60 Å². The summed E-state index contributed by atoms with van der Waals surface area (Å²) in [6.45, 7) is 2.86. The fourth-order valence-corrected chi connectivity index (χ4v) is 4.26. The number of aliphatic hydroxyl groups excluding tert-OH is 1. The van der Waals surface area contributed by atoms with Crippen LogP contribution in [0.5, 0.6) is 5.75 Å². The van der Waals surface area contributed by atoms with Crippen LogP contribution in [0, 0.1) is 0 Å². The van der Waals surface area contributed by atoms with E-state index in [9.17, 15) is 9.90 Å². The molecule has 1 fully saturated rings. The van der Waals surface area contributed by atoms with Gasteiger partial charge in [-0.25, -0.2) is 4.79 Å². The number of esters is 1. The average molecular weight is 393 g/mol. The number of benzene rings is 2. The van der Waals surface area contributed by atoms with E-state index < -0.39 is 12.1 Å². The van der Waals surface area contributed by atoms with Crippen molar-refractivity contribution in [3.8, 4) is 5.75 Å². The van der Waals surface area contributed by atoms with Gasteiger partial charge in [0.25, 0.3) is 0 Å². The molecule has 152 valence electrons. The predicted octanol–water partition coefficient (Wildman–Crippen LogP) is 3.72. The molecule has 1 unspecified atom stereocenters. The summed E-state index contributed by atoms with van der Waals surface area (Å²) in [7, 11) is 1.35. The topological polar surface area (TPSA) is 59.0 Å². The first-order chi connectivity index (χ1) is 14.1. The van der Waals surface area contributed by atoms with Crippen LogP contribution in [0.1, 0.15) is 42.1 Å². The highest BCUT2D eigenvalue weighted by molar-refractivity contribution is 5.87. The minimum atomic E-state index is -0.564. The van der Waals surface area contributed by atoms with Crippen molar-refractivity contribution in [1.82, 2.24) is 4.90 Å². The predicted molar refractivity (Wildman–Crippen MR) is 111 cm³/mol. The third-order valence-electron chi connectivity index (χ3n) is 5.91. The molecule has 2 aliphatic heterocycles. The third kappa shape index (κ3) is 4.52. The number of aliphatic hydroxyl groups is 1. The van der Waals surface area contributed by atoms with E-state index in [0.717, 1.165) is 49.4 Å². The molecule has 0 aromatic heterocycles. The van der Waals surface area contributed by atoms with Gasteiger partial charge in [-0.15, -0.1) is 0 Å². The Morgan fingerprint density at radius 3 is 2.72 bits per heavy atom. The molecule has 2 aliphatic rings. The van der Waals surface area contributed by atoms with Crippen LogP contribution in [0.4, 0.5) is 0 Å². The van der Waals surface area contributed by atoms with Gasteiger partial charge in [0, 0.05) is 37.7 Å². The Labute approximate surface area is 171 Å². The van der Waals surface area contributed by atoms with E-state index in [0.29, 0.717) is 6.42 Å². The maximum atomic E-state index is 11.3. The van der Waals surface area contributed by atoms with E-state index >= 15 is 0 Å². The fourth-order valence-electron chi connectivity index (χ4n) is 4.26. The molecule has 1 saturated heterocycles. The Hall–Kier alpha value is -2.63. The van der Waals surface area contributed by atoms with E-state index in [1.165, 1.54) is 18.7 Å². The number of methoxy groups -OCH3 is 1. The molecule has 0 aliphatic carbocycles. The van der Waals surface area contributed by atoms with Crippen molar-refractivity contribution in [2.24, 2.45) is 0 Å². The van der Waals surface area contributed by atoms with E-state index in [1.54, 1.807) is 6.08 Å². The van der Waals surface area contributed by atoms with Crippen molar-refractivity contribution in [3.63, 3.8) is 0 Å². The fraction of sp³-hybridized carbons (Fsp3) is 0.375. The van der Waals surface area contributed by atoms with Crippen molar-refractivity contribution in [1.29, 1.82) is 0 Å². The number of likely N-dealkylation sites (tertiary alicyclic amines) is 1. The molecule has 0 amide bonds. The first-order valence-corrected chi connectivity index (χ1v) is 10.1. The molecule has 1 atom stereocenters. The summed E-state index contributed by atoms with van der Waals surface area (Å²) in [6, 6.07) is 16.2. The van der Waals surface area contributed by atoms with Gasteiger partial charge in [0.05, 0.1) is 13.2 Å². The molecule has 4 rings (SSSR count). The van der Waals surface area contributed by atoms with Gasteiger partial charge in [-0.3, -0.25) is 4.90 Å². The van der Waals surface area contributed by atoms with Gasteiger partial charge in [0.1, 0.15) is 11.4 Å². The number of piperidine rings is 1. The van der Waals surface area contributed by atoms with Crippen LogP contribution in [0.2, 0.25) is 0 Å². The van der Waals surface area contributed by atoms with Gasteiger partial charge < -0.3 is 14.6 Å². The number of fused-ring (bicyclic) bond motifs is 1. The molecule has 1 spiro atoms. The molecule has 29 heavy (non-hydrogen) atoms. The van der Waals surface area contributed by atoms with Gasteiger partial charge in [-0.1, -0.05) is 36.4 Å². The van der Waals surface area contributed by atoms with Crippen LogP contribution >= 0.6 is 0 Å². The van der Waals surface area contributed by atoms with Crippen LogP contribution in [0.15, 0.2) is 54.6 Å². The highest BCUT2D eigenvalue weighted by Crippen LogP contribution is 2.44. The smallest absolute Gasteiger partial charge is 0.330 e. The lowest BCUT2D eigenvalue weighted by Crippen LogP contribution is -2.50. The largest absolute Gasteiger partial charge is 0.487 e. The van der Waals surface area contributed by atoms with Crippen molar-refractivity contribution >= 4 is 12.0 Å². The van der Waals surface area contributed by atoms with E-state index in [4.69, 9.17) is 4.74 Å². The van der Waals surface area contributed by atoms with Gasteiger partial charge >= 0.3 is 5.97 Å². The lowest BCUT2D eigenvalue weighted by molar-refractivity contribution is -0.134. The highest BCUT2D eigenvalue weighted by atomic mass is 16.5. The monoisotopic (exact) mass is 393 g/mol. The quantitative estimate of drug-likeness (QED) is 0.634. The second-order valence-electron chi connectivity index (χ2n) is 7.92. The Balaban J connectivity index is 1.42. The molecule has 2 aromatic carbocycles. The van der Waals surface area contributed by atoms with Crippen molar-refractivity contribution in [2.75, 3.05) is 20.2 Å². The van der Waals surface area contributed by atoms with Gasteiger partial charge in [0.15, 0.2) is 0 Å². The Morgan fingerprint density at radius 1 is 1.24 bits per heavy atom. The standard InChI is InChI=1S/C24H27NO4/c1-28-23(27)10-8-18-7-9-22-20(15-18)21(26)16-24(29-22)11-13-25(14-12-24)17-19-5-3-2-4-6-19/h2-10,15,21,26H,11-14,16-17H2,1H3. The number of ether oxygens (including phenoxy) is 2. The Bertz CT molecular complexity index is 885. The van der Waals surface area contributed by atoms with E-state index in [2.05, 4.69) is 33.9 Å². The van der Waals surface area contributed by atoms with Crippen LogP contribution in [0.25, 0.3) is 6.08 Å². The van der Waals surface area contributed by atoms with Gasteiger partial charge in [-0.05, 0) is 42.2 Å². The number of hydrogen-bond acceptors (Lipinski definition) is 5. The normalized spacial score (nSPS) is 21.0. The molecule has 1 N–H and O–H groups in total. The first-order valence-electron chi connectivity index (χ1n) is 10.1. The second kappa shape index (κ2) is 8.39. The Kier molecular flexibility index (Phi) is 5.69. The molecule has 5 nitrogen and oxygen atoms in total. The number of hydrogen-bond donors (Lipinski definition) is 1. The average Bonchev–Trinajstić information content (AvgIpc) is 2.75. The maximum absolute atomic E-state index is 11.3. The van der Waals surface area contributed by atoms with Crippen LogP contribution < -0.4 is 4.74 Å². The molecule has 5 heteroatoms. The SMILES string of the molecule is COC(=O)C=Cc1ccc2c(c1)C(O)CC1(CCN(Cc3ccccc3)CC1)O2. The minimum absolute atomic E-state index is 0.303. The number of carbonyl (C=O) groups is 1. The molecule has 2 aromatic rings. The summed E-state index contributed by atoms with van der Waals surface area (Å²) in [6.07, 6.45) is 4.91. The molecule has 2 heterocycles. The zero-order chi connectivity index (χ0) is 20.3. The Morgan fingerprint density at radius 2 is 2.00 bits per heavy atom. The van der Waals surface area contributed by atoms with Crippen LogP contribution in [-0.2, 0) is 16.1 Å². The van der Waals surface area contributed by atoms with Crippen LogP contribution in [-0.4, -0.2) is 41.8 Å². The highest BCUT2D eigenvalue weighted by Gasteiger charge is 2.42. The summed E-state index contributed by atoms with van der Waals surface area (Å²) in [4.78, 5) is 13.7. The zero-order valence-corrected chi connectivity index (χ0v) is 16.7. The third-order valence-corrected chi connectivity index (χ3v) is 5.91. The molecule has 0 radical (unpaired) electrons. The lowest BCUT2D eigenvalue weighted by Gasteiger charge is -2.46. The molecular weight excluding hydrogens is 366 g/mol. The van der Waals surface area contributed by atoms with Gasteiger partial charge in [0.2, 0.25) is 0 Å². The maximum Gasteiger partial charge on any atom is 0.330 e. The van der Waals surface area contributed by atoms with Crippen LogP contribution in [0.3, 0.4) is 0 Å². The summed E-state index contributed by atoms with van der Waals surface area (Å²) in [5.41, 5.74) is 2.65.